The number of hydrogen-bond acceptors (Lipinski definition) is 2. The summed E-state index contributed by atoms with van der Waals surface area (Å²) in [7, 11) is 0. The Kier molecular flexibility index (Phi) is 6.60. The van der Waals surface area contributed by atoms with E-state index in [2.05, 4.69) is 202 Å². The van der Waals surface area contributed by atoms with E-state index in [9.17, 15) is 0 Å². The Labute approximate surface area is 322 Å². The number of hydrogen-bond donors (Lipinski definition) is 0. The van der Waals surface area contributed by atoms with Crippen LogP contribution >= 0.6 is 0 Å². The van der Waals surface area contributed by atoms with Crippen molar-refractivity contribution in [3.05, 3.63) is 200 Å². The molecule has 0 saturated heterocycles. The van der Waals surface area contributed by atoms with E-state index in [-0.39, 0.29) is 0 Å². The first-order valence-electron chi connectivity index (χ1n) is 19.1. The molecule has 0 fully saturated rings. The van der Waals surface area contributed by atoms with Crippen molar-refractivity contribution in [2.24, 2.45) is 0 Å². The van der Waals surface area contributed by atoms with Gasteiger partial charge in [0.1, 0.15) is 11.2 Å². The summed E-state index contributed by atoms with van der Waals surface area (Å²) in [6, 6.07) is 72.0. The highest BCUT2D eigenvalue weighted by Gasteiger charge is 2.22. The Balaban J connectivity index is 1.11. The summed E-state index contributed by atoms with van der Waals surface area (Å²) < 4.78 is 11.1. The molecule has 0 N–H and O–H groups in total. The first-order chi connectivity index (χ1) is 27.8. The maximum atomic E-state index is 6.31. The van der Waals surface area contributed by atoms with Crippen LogP contribution in [0.2, 0.25) is 0 Å². The van der Waals surface area contributed by atoms with E-state index in [1.165, 1.54) is 48.9 Å². The molecule has 9 aromatic carbocycles. The average molecular weight is 716 g/mol. The molecule has 3 aromatic heterocycles. The fourth-order valence-corrected chi connectivity index (χ4v) is 9.09. The van der Waals surface area contributed by atoms with Crippen LogP contribution in [-0.4, -0.2) is 9.13 Å². The van der Waals surface area contributed by atoms with E-state index < -0.39 is 0 Å². The fraction of sp³-hybridized carbons (Fsp3) is 0. The van der Waals surface area contributed by atoms with Crippen LogP contribution in [0, 0.1) is 0 Å². The number of furan rings is 1. The van der Waals surface area contributed by atoms with Crippen molar-refractivity contribution in [1.82, 2.24) is 9.13 Å². The first kappa shape index (κ1) is 30.9. The minimum absolute atomic E-state index is 0.878. The van der Waals surface area contributed by atoms with E-state index in [1.807, 2.05) is 12.1 Å². The zero-order valence-electron chi connectivity index (χ0n) is 30.3. The fourth-order valence-electron chi connectivity index (χ4n) is 9.09. The molecule has 12 rings (SSSR count). The summed E-state index contributed by atoms with van der Waals surface area (Å²) in [6.45, 7) is 0. The minimum Gasteiger partial charge on any atom is -0.456 e. The van der Waals surface area contributed by atoms with E-state index in [1.54, 1.807) is 0 Å². The molecule has 0 aliphatic heterocycles. The molecule has 0 spiro atoms. The molecule has 0 radical (unpaired) electrons. The number of benzene rings is 9. The average Bonchev–Trinajstić information content (AvgIpc) is 3.92. The lowest BCUT2D eigenvalue weighted by Crippen LogP contribution is -2.10. The maximum absolute atomic E-state index is 6.31. The lowest BCUT2D eigenvalue weighted by Gasteiger charge is -2.27. The number of nitrogens with zero attached hydrogens (tertiary/aromatic N) is 3. The highest BCUT2D eigenvalue weighted by atomic mass is 16.3. The predicted octanol–water partition coefficient (Wildman–Crippen LogP) is 14.4. The van der Waals surface area contributed by atoms with Crippen LogP contribution in [0.15, 0.2) is 205 Å². The van der Waals surface area contributed by atoms with Crippen molar-refractivity contribution < 1.29 is 4.42 Å². The van der Waals surface area contributed by atoms with E-state index in [0.29, 0.717) is 0 Å². The molecule has 0 amide bonds. The third-order valence-electron chi connectivity index (χ3n) is 11.5. The second-order valence-electron chi connectivity index (χ2n) is 14.5. The Hall–Kier alpha value is -7.56. The quantitative estimate of drug-likeness (QED) is 0.177. The van der Waals surface area contributed by atoms with E-state index in [0.717, 1.165) is 55.9 Å². The monoisotopic (exact) mass is 715 g/mol. The molecule has 3 heterocycles. The number of anilines is 3. The SMILES string of the molecule is c1ccc(-n2c3ccccc3c3c(N(c4ccc(-n5c6ccccc6c6c7ccccc7ccc65)cc4)c4ccc5oc6ccccc6c5c4)cccc32)cc1. The van der Waals surface area contributed by atoms with Crippen molar-refractivity contribution in [3.63, 3.8) is 0 Å². The molecule has 12 aromatic rings. The van der Waals surface area contributed by atoms with Crippen molar-refractivity contribution in [2.45, 2.75) is 0 Å². The molecule has 4 heteroatoms. The highest BCUT2D eigenvalue weighted by Crippen LogP contribution is 2.45. The van der Waals surface area contributed by atoms with Crippen LogP contribution in [0.25, 0.3) is 87.7 Å². The summed E-state index contributed by atoms with van der Waals surface area (Å²) in [6.07, 6.45) is 0. The Morgan fingerprint density at radius 2 is 0.911 bits per heavy atom. The van der Waals surface area contributed by atoms with Gasteiger partial charge in [0.05, 0.1) is 27.8 Å². The molecule has 0 aliphatic carbocycles. The normalized spacial score (nSPS) is 11.9. The Morgan fingerprint density at radius 3 is 1.70 bits per heavy atom. The molecule has 0 aliphatic rings. The Morgan fingerprint density at radius 1 is 0.339 bits per heavy atom. The van der Waals surface area contributed by atoms with Gasteiger partial charge >= 0.3 is 0 Å². The van der Waals surface area contributed by atoms with Gasteiger partial charge in [0.2, 0.25) is 0 Å². The van der Waals surface area contributed by atoms with Crippen molar-refractivity contribution in [3.8, 4) is 11.4 Å². The van der Waals surface area contributed by atoms with Gasteiger partial charge < -0.3 is 18.5 Å². The van der Waals surface area contributed by atoms with Gasteiger partial charge in [-0.05, 0) is 102 Å². The van der Waals surface area contributed by atoms with Gasteiger partial charge in [-0.25, -0.2) is 0 Å². The number of para-hydroxylation sites is 4. The standard InChI is InChI=1S/C52H33N3O/c1-2-14-35(15-3-1)54-45-21-10-7-19-42(45)52-46(22-12-23-47(52)54)53(38-30-32-50-43(33-38)40-17-8-11-24-49(40)56-50)36-26-28-37(29-27-36)55-44-20-9-6-18-41(44)51-39-16-5-4-13-34(39)25-31-48(51)55/h1-33H. The van der Waals surface area contributed by atoms with Gasteiger partial charge in [-0.15, -0.1) is 0 Å². The van der Waals surface area contributed by atoms with Crippen LogP contribution in [0.4, 0.5) is 17.1 Å². The zero-order chi connectivity index (χ0) is 36.7. The lowest BCUT2D eigenvalue weighted by atomic mass is 10.0. The Bertz CT molecular complexity index is 3480. The van der Waals surface area contributed by atoms with Crippen LogP contribution in [0.1, 0.15) is 0 Å². The molecule has 0 atom stereocenters. The molecule has 262 valence electrons. The lowest BCUT2D eigenvalue weighted by molar-refractivity contribution is 0.669. The van der Waals surface area contributed by atoms with Gasteiger partial charge in [-0.3, -0.25) is 0 Å². The minimum atomic E-state index is 0.878. The third-order valence-corrected chi connectivity index (χ3v) is 11.5. The second-order valence-corrected chi connectivity index (χ2v) is 14.5. The molecule has 0 bridgehead atoms. The third kappa shape index (κ3) is 4.47. The van der Waals surface area contributed by atoms with Gasteiger partial charge in [-0.2, -0.15) is 0 Å². The van der Waals surface area contributed by atoms with Crippen LogP contribution in [-0.2, 0) is 0 Å². The van der Waals surface area contributed by atoms with Gasteiger partial charge in [0.25, 0.3) is 0 Å². The molecular weight excluding hydrogens is 683 g/mol. The van der Waals surface area contributed by atoms with Gasteiger partial charge in [0.15, 0.2) is 0 Å². The number of rotatable bonds is 5. The topological polar surface area (TPSA) is 26.2 Å². The summed E-state index contributed by atoms with van der Waals surface area (Å²) in [5.41, 5.74) is 12.0. The van der Waals surface area contributed by atoms with Crippen LogP contribution in [0.5, 0.6) is 0 Å². The molecule has 0 saturated carbocycles. The van der Waals surface area contributed by atoms with Gasteiger partial charge in [-0.1, -0.05) is 109 Å². The van der Waals surface area contributed by atoms with Crippen LogP contribution in [0.3, 0.4) is 0 Å². The van der Waals surface area contributed by atoms with Crippen molar-refractivity contribution in [2.75, 3.05) is 4.90 Å². The largest absolute Gasteiger partial charge is 0.456 e. The summed E-state index contributed by atoms with van der Waals surface area (Å²) >= 11 is 0. The maximum Gasteiger partial charge on any atom is 0.135 e. The van der Waals surface area contributed by atoms with Crippen molar-refractivity contribution >= 4 is 93.4 Å². The molecular formula is C52H33N3O. The smallest absolute Gasteiger partial charge is 0.135 e. The first-order valence-corrected chi connectivity index (χ1v) is 19.1. The van der Waals surface area contributed by atoms with E-state index >= 15 is 0 Å². The zero-order valence-corrected chi connectivity index (χ0v) is 30.3. The van der Waals surface area contributed by atoms with E-state index in [4.69, 9.17) is 4.42 Å². The second kappa shape index (κ2) is 12.0. The van der Waals surface area contributed by atoms with Gasteiger partial charge in [0, 0.05) is 55.1 Å². The predicted molar refractivity (Wildman–Crippen MR) is 235 cm³/mol. The number of aromatic nitrogens is 2. The summed E-state index contributed by atoms with van der Waals surface area (Å²) in [4.78, 5) is 2.41. The molecule has 4 nitrogen and oxygen atoms in total. The summed E-state index contributed by atoms with van der Waals surface area (Å²) in [5, 5.41) is 9.66. The molecule has 0 unspecified atom stereocenters. The molecule has 56 heavy (non-hydrogen) atoms. The van der Waals surface area contributed by atoms with Crippen molar-refractivity contribution in [1.29, 1.82) is 0 Å². The highest BCUT2D eigenvalue weighted by molar-refractivity contribution is 6.21. The number of fused-ring (bicyclic) bond motifs is 11. The summed E-state index contributed by atoms with van der Waals surface area (Å²) in [5.74, 6) is 0. The van der Waals surface area contributed by atoms with Crippen LogP contribution < -0.4 is 4.90 Å².